The normalized spacial score (nSPS) is 13.1. The van der Waals surface area contributed by atoms with Gasteiger partial charge in [0.2, 0.25) is 0 Å². The molecule has 0 aliphatic carbocycles. The lowest BCUT2D eigenvalue weighted by molar-refractivity contribution is -0.140. The highest BCUT2D eigenvalue weighted by molar-refractivity contribution is 7.10. The third-order valence-electron chi connectivity index (χ3n) is 3.10. The fourth-order valence-corrected chi connectivity index (χ4v) is 2.61. The summed E-state index contributed by atoms with van der Waals surface area (Å²) >= 11 is 1.64. The number of nitrogens with one attached hydrogen (secondary N) is 2. The number of urea groups is 1. The third kappa shape index (κ3) is 4.52. The lowest BCUT2D eigenvalue weighted by atomic mass is 9.91. The van der Waals surface area contributed by atoms with Gasteiger partial charge < -0.3 is 15.7 Å². The lowest BCUT2D eigenvalue weighted by Gasteiger charge is -2.25. The SMILES string of the molecule is CC(C)[C@@H](NC(=O)NCC(C)(C)c1cccs1)C(=O)O. The van der Waals surface area contributed by atoms with Crippen LogP contribution in [0.1, 0.15) is 32.6 Å². The Hall–Kier alpha value is -1.56. The monoisotopic (exact) mass is 298 g/mol. The number of carboxylic acids is 1. The molecule has 0 bridgehead atoms. The van der Waals surface area contributed by atoms with E-state index in [4.69, 9.17) is 5.11 Å². The second-order valence-corrected chi connectivity index (χ2v) is 6.70. The first-order valence-corrected chi connectivity index (χ1v) is 7.43. The van der Waals surface area contributed by atoms with Gasteiger partial charge in [0.1, 0.15) is 6.04 Å². The zero-order valence-electron chi connectivity index (χ0n) is 12.3. The van der Waals surface area contributed by atoms with Crippen LogP contribution in [-0.4, -0.2) is 29.7 Å². The van der Waals surface area contributed by atoms with Gasteiger partial charge in [-0.15, -0.1) is 11.3 Å². The summed E-state index contributed by atoms with van der Waals surface area (Å²) in [6.45, 7) is 8.04. The van der Waals surface area contributed by atoms with Crippen LogP contribution in [0.3, 0.4) is 0 Å². The van der Waals surface area contributed by atoms with Crippen molar-refractivity contribution in [2.45, 2.75) is 39.2 Å². The zero-order valence-corrected chi connectivity index (χ0v) is 13.1. The van der Waals surface area contributed by atoms with E-state index in [-0.39, 0.29) is 11.3 Å². The molecule has 0 unspecified atom stereocenters. The van der Waals surface area contributed by atoms with Crippen molar-refractivity contribution in [2.75, 3.05) is 6.54 Å². The highest BCUT2D eigenvalue weighted by Gasteiger charge is 2.26. The molecule has 0 aromatic carbocycles. The van der Waals surface area contributed by atoms with Crippen LogP contribution >= 0.6 is 11.3 Å². The molecule has 20 heavy (non-hydrogen) atoms. The van der Waals surface area contributed by atoms with E-state index in [2.05, 4.69) is 10.6 Å². The molecule has 0 fully saturated rings. The van der Waals surface area contributed by atoms with Crippen LogP contribution in [0.15, 0.2) is 17.5 Å². The Morgan fingerprint density at radius 1 is 1.40 bits per heavy atom. The molecule has 3 N–H and O–H groups in total. The first-order chi connectivity index (χ1) is 9.24. The summed E-state index contributed by atoms with van der Waals surface area (Å²) in [7, 11) is 0. The van der Waals surface area contributed by atoms with Gasteiger partial charge in [0.05, 0.1) is 0 Å². The molecular formula is C14H22N2O3S. The topological polar surface area (TPSA) is 78.4 Å². The van der Waals surface area contributed by atoms with Crippen molar-refractivity contribution in [1.82, 2.24) is 10.6 Å². The van der Waals surface area contributed by atoms with Gasteiger partial charge in [-0.1, -0.05) is 33.8 Å². The van der Waals surface area contributed by atoms with Crippen molar-refractivity contribution >= 4 is 23.3 Å². The Morgan fingerprint density at radius 3 is 2.50 bits per heavy atom. The molecule has 0 saturated carbocycles. The van der Waals surface area contributed by atoms with Crippen molar-refractivity contribution in [1.29, 1.82) is 0 Å². The van der Waals surface area contributed by atoms with Gasteiger partial charge in [-0.25, -0.2) is 9.59 Å². The smallest absolute Gasteiger partial charge is 0.326 e. The van der Waals surface area contributed by atoms with E-state index in [1.54, 1.807) is 25.2 Å². The molecule has 0 saturated heterocycles. The maximum absolute atomic E-state index is 11.8. The van der Waals surface area contributed by atoms with Gasteiger partial charge in [-0.2, -0.15) is 0 Å². The van der Waals surface area contributed by atoms with E-state index in [0.29, 0.717) is 6.54 Å². The minimum Gasteiger partial charge on any atom is -0.480 e. The summed E-state index contributed by atoms with van der Waals surface area (Å²) in [6, 6.07) is 2.68. The quantitative estimate of drug-likeness (QED) is 0.754. The molecule has 112 valence electrons. The summed E-state index contributed by atoms with van der Waals surface area (Å²) in [5, 5.41) is 16.3. The molecule has 1 aromatic heterocycles. The highest BCUT2D eigenvalue weighted by atomic mass is 32.1. The van der Waals surface area contributed by atoms with Crippen LogP contribution in [0.4, 0.5) is 4.79 Å². The summed E-state index contributed by atoms with van der Waals surface area (Å²) in [4.78, 5) is 24.0. The predicted octanol–water partition coefficient (Wildman–Crippen LogP) is 2.43. The van der Waals surface area contributed by atoms with Gasteiger partial charge in [-0.3, -0.25) is 0 Å². The Labute approximate surface area is 123 Å². The van der Waals surface area contributed by atoms with E-state index in [0.717, 1.165) is 0 Å². The number of amides is 2. The zero-order chi connectivity index (χ0) is 15.3. The van der Waals surface area contributed by atoms with Crippen LogP contribution in [0.5, 0.6) is 0 Å². The minimum atomic E-state index is -1.02. The fraction of sp³-hybridized carbons (Fsp3) is 0.571. The van der Waals surface area contributed by atoms with Gasteiger partial charge in [0.15, 0.2) is 0 Å². The largest absolute Gasteiger partial charge is 0.480 e. The van der Waals surface area contributed by atoms with Crippen LogP contribution in [-0.2, 0) is 10.2 Å². The molecule has 0 spiro atoms. The van der Waals surface area contributed by atoms with Crippen LogP contribution < -0.4 is 10.6 Å². The number of hydrogen-bond donors (Lipinski definition) is 3. The number of rotatable bonds is 6. The average Bonchev–Trinajstić information content (AvgIpc) is 2.87. The highest BCUT2D eigenvalue weighted by Crippen LogP contribution is 2.26. The average molecular weight is 298 g/mol. The number of aliphatic carboxylic acids is 1. The Balaban J connectivity index is 2.53. The van der Waals surface area contributed by atoms with Gasteiger partial charge in [0.25, 0.3) is 0 Å². The van der Waals surface area contributed by atoms with E-state index in [1.165, 1.54) is 4.88 Å². The van der Waals surface area contributed by atoms with E-state index >= 15 is 0 Å². The molecule has 1 heterocycles. The van der Waals surface area contributed by atoms with E-state index < -0.39 is 18.0 Å². The molecule has 0 radical (unpaired) electrons. The van der Waals surface area contributed by atoms with E-state index in [9.17, 15) is 9.59 Å². The number of thiophene rings is 1. The Bertz CT molecular complexity index is 455. The van der Waals surface area contributed by atoms with Gasteiger partial charge in [0, 0.05) is 16.8 Å². The van der Waals surface area contributed by atoms with Crippen molar-refractivity contribution in [3.63, 3.8) is 0 Å². The van der Waals surface area contributed by atoms with E-state index in [1.807, 2.05) is 31.4 Å². The number of carbonyl (C=O) groups excluding carboxylic acids is 1. The molecule has 1 atom stereocenters. The molecule has 2 amide bonds. The van der Waals surface area contributed by atoms with Gasteiger partial charge >= 0.3 is 12.0 Å². The number of carboxylic acid groups (broad SMARTS) is 1. The number of carbonyl (C=O) groups is 2. The summed E-state index contributed by atoms with van der Waals surface area (Å²) in [5.41, 5.74) is -0.179. The second-order valence-electron chi connectivity index (χ2n) is 5.75. The van der Waals surface area contributed by atoms with Crippen molar-refractivity contribution in [2.24, 2.45) is 5.92 Å². The summed E-state index contributed by atoms with van der Waals surface area (Å²) in [6.07, 6.45) is 0. The van der Waals surface area contributed by atoms with Crippen LogP contribution in [0.2, 0.25) is 0 Å². The molecule has 5 nitrogen and oxygen atoms in total. The molecule has 0 aliphatic rings. The predicted molar refractivity (Wildman–Crippen MR) is 80.1 cm³/mol. The second kappa shape index (κ2) is 6.74. The van der Waals surface area contributed by atoms with Crippen molar-refractivity contribution in [3.05, 3.63) is 22.4 Å². The Morgan fingerprint density at radius 2 is 2.05 bits per heavy atom. The fourth-order valence-electron chi connectivity index (χ4n) is 1.76. The van der Waals surface area contributed by atoms with Gasteiger partial charge in [-0.05, 0) is 17.4 Å². The molecule has 1 aromatic rings. The van der Waals surface area contributed by atoms with Crippen molar-refractivity contribution < 1.29 is 14.7 Å². The molecular weight excluding hydrogens is 276 g/mol. The summed E-state index contributed by atoms with van der Waals surface area (Å²) < 4.78 is 0. The lowest BCUT2D eigenvalue weighted by Crippen LogP contribution is -2.50. The Kier molecular flexibility index (Phi) is 5.56. The first kappa shape index (κ1) is 16.5. The minimum absolute atomic E-state index is 0.163. The molecule has 1 rings (SSSR count). The first-order valence-electron chi connectivity index (χ1n) is 6.55. The standard InChI is InChI=1S/C14H22N2O3S/c1-9(2)11(12(17)18)16-13(19)15-8-14(3,4)10-6-5-7-20-10/h5-7,9,11H,8H2,1-4H3,(H,17,18)(H2,15,16,19)/t11-/m1/s1. The van der Waals surface area contributed by atoms with Crippen molar-refractivity contribution in [3.8, 4) is 0 Å². The van der Waals surface area contributed by atoms with Crippen LogP contribution in [0, 0.1) is 5.92 Å². The van der Waals surface area contributed by atoms with Crippen LogP contribution in [0.25, 0.3) is 0 Å². The molecule has 6 heteroatoms. The third-order valence-corrected chi connectivity index (χ3v) is 4.33. The number of hydrogen-bond acceptors (Lipinski definition) is 3. The maximum Gasteiger partial charge on any atom is 0.326 e. The maximum atomic E-state index is 11.8. The summed E-state index contributed by atoms with van der Waals surface area (Å²) in [5.74, 6) is -1.18. The molecule has 0 aliphatic heterocycles.